The van der Waals surface area contributed by atoms with Crippen molar-refractivity contribution in [1.29, 1.82) is 0 Å². The van der Waals surface area contributed by atoms with E-state index in [1.165, 1.54) is 17.8 Å². The van der Waals surface area contributed by atoms with Crippen LogP contribution in [0.1, 0.15) is 18.5 Å². The first-order valence-electron chi connectivity index (χ1n) is 8.12. The maximum Gasteiger partial charge on any atom is 0.230 e. The average Bonchev–Trinajstić information content (AvgIpc) is 3.01. The van der Waals surface area contributed by atoms with Gasteiger partial charge in [0, 0.05) is 36.6 Å². The van der Waals surface area contributed by atoms with Gasteiger partial charge in [0.1, 0.15) is 11.6 Å². The molecule has 1 aromatic carbocycles. The van der Waals surface area contributed by atoms with Crippen molar-refractivity contribution in [3.05, 3.63) is 59.9 Å². The minimum atomic E-state index is -0.689. The number of thioether (sulfide) groups is 1. The zero-order chi connectivity index (χ0) is 19.4. The molecule has 3 rings (SSSR count). The lowest BCUT2D eigenvalue weighted by atomic mass is 10.1. The molecule has 1 atom stereocenters. The third-order valence-corrected chi connectivity index (χ3v) is 4.93. The van der Waals surface area contributed by atoms with Gasteiger partial charge in [-0.3, -0.25) is 9.78 Å². The van der Waals surface area contributed by atoms with Gasteiger partial charge in [-0.2, -0.15) is 0 Å². The Balaban J connectivity index is 1.60. The number of carbonyl (C=O) groups is 1. The standard InChI is InChI=1S/C18H17F2N5OS/c1-11(14-4-3-13(19)9-15(14)20)22-16(26)10-27-18-24-23-17(25(18)2)12-5-7-21-8-6-12/h3-9,11H,10H2,1-2H3,(H,22,26)/t11-/m1/s1. The minimum Gasteiger partial charge on any atom is -0.349 e. The van der Waals surface area contributed by atoms with Crippen molar-refractivity contribution in [3.8, 4) is 11.4 Å². The summed E-state index contributed by atoms with van der Waals surface area (Å²) in [4.78, 5) is 16.1. The summed E-state index contributed by atoms with van der Waals surface area (Å²) in [5.74, 6) is -0.870. The fourth-order valence-corrected chi connectivity index (χ4v) is 3.26. The average molecular weight is 389 g/mol. The molecule has 27 heavy (non-hydrogen) atoms. The molecule has 2 heterocycles. The number of amides is 1. The van der Waals surface area contributed by atoms with Crippen LogP contribution in [0.2, 0.25) is 0 Å². The maximum atomic E-state index is 13.8. The Hall–Kier alpha value is -2.81. The molecule has 0 aliphatic heterocycles. The summed E-state index contributed by atoms with van der Waals surface area (Å²) in [5, 5.41) is 11.5. The van der Waals surface area contributed by atoms with Gasteiger partial charge >= 0.3 is 0 Å². The van der Waals surface area contributed by atoms with Crippen LogP contribution >= 0.6 is 11.8 Å². The highest BCUT2D eigenvalue weighted by atomic mass is 32.2. The number of benzene rings is 1. The van der Waals surface area contributed by atoms with Crippen LogP contribution in [0.4, 0.5) is 8.78 Å². The molecule has 0 aliphatic carbocycles. The summed E-state index contributed by atoms with van der Waals surface area (Å²) < 4.78 is 28.6. The highest BCUT2D eigenvalue weighted by Crippen LogP contribution is 2.22. The van der Waals surface area contributed by atoms with E-state index in [0.717, 1.165) is 17.7 Å². The molecule has 0 aliphatic rings. The molecule has 1 amide bonds. The largest absolute Gasteiger partial charge is 0.349 e. The lowest BCUT2D eigenvalue weighted by Gasteiger charge is -2.15. The molecule has 140 valence electrons. The van der Waals surface area contributed by atoms with Crippen LogP contribution in [-0.4, -0.2) is 31.4 Å². The van der Waals surface area contributed by atoms with E-state index in [-0.39, 0.29) is 17.2 Å². The topological polar surface area (TPSA) is 72.7 Å². The van der Waals surface area contributed by atoms with Gasteiger partial charge in [-0.1, -0.05) is 17.8 Å². The van der Waals surface area contributed by atoms with Gasteiger partial charge in [0.25, 0.3) is 0 Å². The number of rotatable bonds is 6. The third-order valence-electron chi connectivity index (χ3n) is 3.91. The Morgan fingerprint density at radius 3 is 2.67 bits per heavy atom. The van der Waals surface area contributed by atoms with Crippen LogP contribution in [0.25, 0.3) is 11.4 Å². The molecular weight excluding hydrogens is 372 g/mol. The van der Waals surface area contributed by atoms with Crippen molar-refractivity contribution in [1.82, 2.24) is 25.1 Å². The van der Waals surface area contributed by atoms with Crippen LogP contribution in [0.3, 0.4) is 0 Å². The summed E-state index contributed by atoms with van der Waals surface area (Å²) in [6.45, 7) is 1.64. The molecule has 1 N–H and O–H groups in total. The third kappa shape index (κ3) is 4.48. The molecule has 0 spiro atoms. The summed E-state index contributed by atoms with van der Waals surface area (Å²) >= 11 is 1.22. The van der Waals surface area contributed by atoms with E-state index in [4.69, 9.17) is 0 Å². The van der Waals surface area contributed by atoms with Crippen LogP contribution in [0, 0.1) is 11.6 Å². The second-order valence-electron chi connectivity index (χ2n) is 5.84. The molecule has 0 saturated carbocycles. The van der Waals surface area contributed by atoms with Crippen molar-refractivity contribution in [2.45, 2.75) is 18.1 Å². The molecule has 0 fully saturated rings. The van der Waals surface area contributed by atoms with Gasteiger partial charge < -0.3 is 9.88 Å². The number of pyridine rings is 1. The van der Waals surface area contributed by atoms with Crippen molar-refractivity contribution in [3.63, 3.8) is 0 Å². The second kappa shape index (κ2) is 8.26. The van der Waals surface area contributed by atoms with Gasteiger partial charge in [-0.25, -0.2) is 8.78 Å². The van der Waals surface area contributed by atoms with Gasteiger partial charge in [-0.15, -0.1) is 10.2 Å². The quantitative estimate of drug-likeness (QED) is 0.656. The Labute approximate surface area is 159 Å². The zero-order valence-electron chi connectivity index (χ0n) is 14.7. The molecule has 0 unspecified atom stereocenters. The Kier molecular flexibility index (Phi) is 5.80. The van der Waals surface area contributed by atoms with Crippen molar-refractivity contribution in [2.75, 3.05) is 5.75 Å². The number of hydrogen-bond acceptors (Lipinski definition) is 5. The molecule has 6 nitrogen and oxygen atoms in total. The normalized spacial score (nSPS) is 12.0. The fourth-order valence-electron chi connectivity index (χ4n) is 2.54. The van der Waals surface area contributed by atoms with Crippen LogP contribution < -0.4 is 5.32 Å². The summed E-state index contributed by atoms with van der Waals surface area (Å²) in [6.07, 6.45) is 3.33. The molecular formula is C18H17F2N5OS. The van der Waals surface area contributed by atoms with Gasteiger partial charge in [0.05, 0.1) is 11.8 Å². The molecule has 0 bridgehead atoms. The predicted octanol–water partition coefficient (Wildman–Crippen LogP) is 3.12. The zero-order valence-corrected chi connectivity index (χ0v) is 15.5. The smallest absolute Gasteiger partial charge is 0.230 e. The van der Waals surface area contributed by atoms with Gasteiger partial charge in [-0.05, 0) is 25.1 Å². The Bertz CT molecular complexity index is 948. The van der Waals surface area contributed by atoms with E-state index < -0.39 is 17.7 Å². The summed E-state index contributed by atoms with van der Waals surface area (Å²) in [7, 11) is 1.81. The Morgan fingerprint density at radius 2 is 1.96 bits per heavy atom. The number of nitrogens with one attached hydrogen (secondary N) is 1. The van der Waals surface area contributed by atoms with Crippen molar-refractivity contribution >= 4 is 17.7 Å². The van der Waals surface area contributed by atoms with E-state index in [1.807, 2.05) is 19.2 Å². The van der Waals surface area contributed by atoms with Crippen LogP contribution in [0.15, 0.2) is 47.9 Å². The van der Waals surface area contributed by atoms with E-state index in [0.29, 0.717) is 11.0 Å². The Morgan fingerprint density at radius 1 is 1.22 bits per heavy atom. The second-order valence-corrected chi connectivity index (χ2v) is 6.79. The lowest BCUT2D eigenvalue weighted by Crippen LogP contribution is -2.28. The van der Waals surface area contributed by atoms with E-state index >= 15 is 0 Å². The predicted molar refractivity (Wildman–Crippen MR) is 97.9 cm³/mol. The number of carbonyl (C=O) groups excluding carboxylic acids is 1. The highest BCUT2D eigenvalue weighted by Gasteiger charge is 2.16. The first-order valence-corrected chi connectivity index (χ1v) is 9.11. The number of hydrogen-bond donors (Lipinski definition) is 1. The van der Waals surface area contributed by atoms with Crippen molar-refractivity contribution in [2.24, 2.45) is 7.05 Å². The monoisotopic (exact) mass is 389 g/mol. The number of halogens is 2. The SMILES string of the molecule is C[C@@H](NC(=O)CSc1nnc(-c2ccncc2)n1C)c1ccc(F)cc1F. The molecule has 0 saturated heterocycles. The first-order chi connectivity index (χ1) is 13.0. The summed E-state index contributed by atoms with van der Waals surface area (Å²) in [5.41, 5.74) is 1.10. The van der Waals surface area contributed by atoms with Crippen LogP contribution in [-0.2, 0) is 11.8 Å². The number of nitrogens with zero attached hydrogens (tertiary/aromatic N) is 4. The van der Waals surface area contributed by atoms with Gasteiger partial charge in [0.15, 0.2) is 11.0 Å². The molecule has 9 heteroatoms. The van der Waals surface area contributed by atoms with Crippen LogP contribution in [0.5, 0.6) is 0 Å². The molecule has 3 aromatic rings. The first kappa shape index (κ1) is 19.0. The maximum absolute atomic E-state index is 13.8. The van der Waals surface area contributed by atoms with E-state index in [2.05, 4.69) is 20.5 Å². The van der Waals surface area contributed by atoms with Gasteiger partial charge in [0.2, 0.25) is 5.91 Å². The summed E-state index contributed by atoms with van der Waals surface area (Å²) in [6, 6.07) is 6.36. The molecule has 2 aromatic heterocycles. The molecule has 0 radical (unpaired) electrons. The van der Waals surface area contributed by atoms with Crippen molar-refractivity contribution < 1.29 is 13.6 Å². The van der Waals surface area contributed by atoms with E-state index in [9.17, 15) is 13.6 Å². The minimum absolute atomic E-state index is 0.0927. The highest BCUT2D eigenvalue weighted by molar-refractivity contribution is 7.99. The number of aromatic nitrogens is 4. The fraction of sp³-hybridized carbons (Fsp3) is 0.222. The lowest BCUT2D eigenvalue weighted by molar-refractivity contribution is -0.119. The van der Waals surface area contributed by atoms with E-state index in [1.54, 1.807) is 23.9 Å².